The van der Waals surface area contributed by atoms with Crippen LogP contribution in [-0.4, -0.2) is 42.1 Å². The molecule has 3 heterocycles. The molecule has 1 aliphatic rings. The van der Waals surface area contributed by atoms with Crippen molar-refractivity contribution in [2.75, 3.05) is 36.0 Å². The predicted molar refractivity (Wildman–Crippen MR) is 86.4 cm³/mol. The smallest absolute Gasteiger partial charge is 0.252 e. The summed E-state index contributed by atoms with van der Waals surface area (Å²) in [6.07, 6.45) is 4.84. The number of primary amides is 1. The third-order valence-corrected chi connectivity index (χ3v) is 3.94. The highest BCUT2D eigenvalue weighted by Crippen LogP contribution is 2.22. The number of hydrogen-bond donors (Lipinski definition) is 1. The van der Waals surface area contributed by atoms with Gasteiger partial charge in [0.25, 0.3) is 5.91 Å². The summed E-state index contributed by atoms with van der Waals surface area (Å²) in [5.41, 5.74) is 6.71. The molecule has 0 spiro atoms. The molecule has 2 N–H and O–H groups in total. The van der Waals surface area contributed by atoms with Crippen LogP contribution in [0.5, 0.6) is 0 Å². The van der Waals surface area contributed by atoms with Crippen LogP contribution in [0.1, 0.15) is 10.4 Å². The number of pyridine rings is 2. The second kappa shape index (κ2) is 6.19. The number of aromatic nitrogens is 2. The van der Waals surface area contributed by atoms with Gasteiger partial charge in [-0.25, -0.2) is 4.98 Å². The van der Waals surface area contributed by atoms with Gasteiger partial charge in [0, 0.05) is 44.8 Å². The number of anilines is 2. The molecule has 22 heavy (non-hydrogen) atoms. The zero-order valence-corrected chi connectivity index (χ0v) is 12.7. The molecule has 1 amide bonds. The van der Waals surface area contributed by atoms with Gasteiger partial charge < -0.3 is 15.5 Å². The van der Waals surface area contributed by atoms with Crippen molar-refractivity contribution in [3.8, 4) is 0 Å². The van der Waals surface area contributed by atoms with Gasteiger partial charge in [0.15, 0.2) is 0 Å². The minimum atomic E-state index is -0.454. The van der Waals surface area contributed by atoms with E-state index in [1.807, 2.05) is 18.2 Å². The van der Waals surface area contributed by atoms with Crippen LogP contribution in [0, 0.1) is 0 Å². The second-order valence-corrected chi connectivity index (χ2v) is 5.50. The molecule has 0 unspecified atom stereocenters. The SMILES string of the molecule is NC(=O)c1cnccc1N1CCN(c2ccc(Cl)cn2)CC1. The Morgan fingerprint density at radius 3 is 2.45 bits per heavy atom. The van der Waals surface area contributed by atoms with E-state index >= 15 is 0 Å². The highest BCUT2D eigenvalue weighted by Gasteiger charge is 2.21. The monoisotopic (exact) mass is 317 g/mol. The summed E-state index contributed by atoms with van der Waals surface area (Å²) in [6.45, 7) is 3.20. The Balaban J connectivity index is 1.72. The molecule has 0 saturated carbocycles. The van der Waals surface area contributed by atoms with Crippen LogP contribution < -0.4 is 15.5 Å². The van der Waals surface area contributed by atoms with Gasteiger partial charge in [-0.05, 0) is 18.2 Å². The molecule has 0 bridgehead atoms. The number of amides is 1. The summed E-state index contributed by atoms with van der Waals surface area (Å²) in [6, 6.07) is 5.58. The molecule has 3 rings (SSSR count). The van der Waals surface area contributed by atoms with E-state index in [0.717, 1.165) is 37.7 Å². The first-order valence-electron chi connectivity index (χ1n) is 7.00. The van der Waals surface area contributed by atoms with Gasteiger partial charge in [-0.3, -0.25) is 9.78 Å². The molecule has 2 aromatic rings. The van der Waals surface area contributed by atoms with E-state index < -0.39 is 5.91 Å². The number of hydrogen-bond acceptors (Lipinski definition) is 5. The lowest BCUT2D eigenvalue weighted by Crippen LogP contribution is -2.47. The van der Waals surface area contributed by atoms with E-state index in [1.54, 1.807) is 12.4 Å². The maximum absolute atomic E-state index is 11.5. The van der Waals surface area contributed by atoms with E-state index in [-0.39, 0.29) is 0 Å². The summed E-state index contributed by atoms with van der Waals surface area (Å²) in [5, 5.41) is 0.630. The van der Waals surface area contributed by atoms with E-state index in [9.17, 15) is 4.79 Å². The number of rotatable bonds is 3. The molecule has 7 heteroatoms. The molecule has 2 aromatic heterocycles. The summed E-state index contributed by atoms with van der Waals surface area (Å²) in [5.74, 6) is 0.457. The van der Waals surface area contributed by atoms with Crippen LogP contribution in [0.4, 0.5) is 11.5 Å². The van der Waals surface area contributed by atoms with E-state index in [0.29, 0.717) is 10.6 Å². The molecule has 1 fully saturated rings. The molecular formula is C15H16ClN5O. The lowest BCUT2D eigenvalue weighted by molar-refractivity contribution is 0.100. The predicted octanol–water partition coefficient (Wildman–Crippen LogP) is 1.56. The Labute approximate surface area is 133 Å². The van der Waals surface area contributed by atoms with Crippen LogP contribution >= 0.6 is 11.6 Å². The van der Waals surface area contributed by atoms with Gasteiger partial charge in [-0.15, -0.1) is 0 Å². The number of nitrogens with two attached hydrogens (primary N) is 1. The number of carbonyl (C=O) groups excluding carboxylic acids is 1. The van der Waals surface area contributed by atoms with Gasteiger partial charge in [0.05, 0.1) is 16.3 Å². The fraction of sp³-hybridized carbons (Fsp3) is 0.267. The average Bonchev–Trinajstić information content (AvgIpc) is 2.56. The van der Waals surface area contributed by atoms with Crippen LogP contribution in [0.15, 0.2) is 36.8 Å². The minimum absolute atomic E-state index is 0.454. The lowest BCUT2D eigenvalue weighted by atomic mass is 10.2. The standard InChI is InChI=1S/C15H16ClN5O/c16-11-1-2-14(19-9-11)21-7-5-20(6-8-21)13-3-4-18-10-12(13)15(17)22/h1-4,9-10H,5-8H2,(H2,17,22). The fourth-order valence-electron chi connectivity index (χ4n) is 2.58. The molecule has 0 aromatic carbocycles. The van der Waals surface area contributed by atoms with Gasteiger partial charge in [0.1, 0.15) is 5.82 Å². The van der Waals surface area contributed by atoms with Crippen molar-refractivity contribution in [1.82, 2.24) is 9.97 Å². The number of carbonyl (C=O) groups is 1. The van der Waals surface area contributed by atoms with E-state index in [4.69, 9.17) is 17.3 Å². The zero-order valence-electron chi connectivity index (χ0n) is 11.9. The van der Waals surface area contributed by atoms with Crippen LogP contribution in [0.3, 0.4) is 0 Å². The normalized spacial score (nSPS) is 15.0. The molecule has 0 atom stereocenters. The Kier molecular flexibility index (Phi) is 4.11. The summed E-state index contributed by atoms with van der Waals surface area (Å²) < 4.78 is 0. The van der Waals surface area contributed by atoms with Crippen molar-refractivity contribution in [2.45, 2.75) is 0 Å². The average molecular weight is 318 g/mol. The van der Waals surface area contributed by atoms with Gasteiger partial charge in [0.2, 0.25) is 0 Å². The van der Waals surface area contributed by atoms with Gasteiger partial charge in [-0.2, -0.15) is 0 Å². The molecule has 0 aliphatic carbocycles. The van der Waals surface area contributed by atoms with Crippen molar-refractivity contribution >= 4 is 29.0 Å². The van der Waals surface area contributed by atoms with Crippen LogP contribution in [-0.2, 0) is 0 Å². The number of halogens is 1. The Morgan fingerprint density at radius 1 is 1.09 bits per heavy atom. The largest absolute Gasteiger partial charge is 0.367 e. The Hall–Kier alpha value is -2.34. The van der Waals surface area contributed by atoms with Crippen molar-refractivity contribution in [1.29, 1.82) is 0 Å². The lowest BCUT2D eigenvalue weighted by Gasteiger charge is -2.37. The van der Waals surface area contributed by atoms with Gasteiger partial charge in [-0.1, -0.05) is 11.6 Å². The molecule has 114 valence electrons. The van der Waals surface area contributed by atoms with Crippen LogP contribution in [0.25, 0.3) is 0 Å². The first-order valence-corrected chi connectivity index (χ1v) is 7.38. The van der Waals surface area contributed by atoms with Crippen molar-refractivity contribution in [3.05, 3.63) is 47.4 Å². The summed E-state index contributed by atoms with van der Waals surface area (Å²) in [4.78, 5) is 24.2. The molecule has 6 nitrogen and oxygen atoms in total. The fourth-order valence-corrected chi connectivity index (χ4v) is 2.70. The maximum Gasteiger partial charge on any atom is 0.252 e. The highest BCUT2D eigenvalue weighted by atomic mass is 35.5. The zero-order chi connectivity index (χ0) is 15.5. The Morgan fingerprint density at radius 2 is 1.82 bits per heavy atom. The van der Waals surface area contributed by atoms with E-state index in [1.165, 1.54) is 6.20 Å². The maximum atomic E-state index is 11.5. The molecule has 1 saturated heterocycles. The minimum Gasteiger partial charge on any atom is -0.367 e. The van der Waals surface area contributed by atoms with E-state index in [2.05, 4.69) is 19.8 Å². The Bertz CT molecular complexity index is 668. The molecule has 0 radical (unpaired) electrons. The highest BCUT2D eigenvalue weighted by molar-refractivity contribution is 6.30. The first kappa shape index (κ1) is 14.6. The van der Waals surface area contributed by atoms with Crippen molar-refractivity contribution in [2.24, 2.45) is 5.73 Å². The summed E-state index contributed by atoms with van der Waals surface area (Å²) >= 11 is 5.86. The van der Waals surface area contributed by atoms with Gasteiger partial charge >= 0.3 is 0 Å². The number of piperazine rings is 1. The number of nitrogens with zero attached hydrogens (tertiary/aromatic N) is 4. The molecule has 1 aliphatic heterocycles. The second-order valence-electron chi connectivity index (χ2n) is 5.07. The van der Waals surface area contributed by atoms with Crippen molar-refractivity contribution < 1.29 is 4.79 Å². The third kappa shape index (κ3) is 2.96. The van der Waals surface area contributed by atoms with Crippen LogP contribution in [0.2, 0.25) is 5.02 Å². The topological polar surface area (TPSA) is 75.4 Å². The first-order chi connectivity index (χ1) is 10.6. The quantitative estimate of drug-likeness (QED) is 0.929. The third-order valence-electron chi connectivity index (χ3n) is 3.72. The summed E-state index contributed by atoms with van der Waals surface area (Å²) in [7, 11) is 0. The van der Waals surface area contributed by atoms with Crippen molar-refractivity contribution in [3.63, 3.8) is 0 Å². The molecular weight excluding hydrogens is 302 g/mol.